The van der Waals surface area contributed by atoms with Crippen LogP contribution < -0.4 is 53.6 Å². The van der Waals surface area contributed by atoms with Crippen molar-refractivity contribution in [1.82, 2.24) is 62.1 Å². The first-order valence-electron chi connectivity index (χ1n) is 41.7. The number of rotatable bonds is 47. The molecule has 3 unspecified atom stereocenters. The van der Waals surface area contributed by atoms with Gasteiger partial charge in [-0.05, 0) is 98.8 Å². The van der Waals surface area contributed by atoms with Crippen molar-refractivity contribution >= 4 is 88.7 Å². The standard InChI is InChI=1S/C83H128N14O25/c1-15-46(8)65(55(118-13)40-61(103)96-39-23-27-54(96)71(119-14)47(9)73(109)86-48(10)66(104)50-24-18-16-19-25-50)94(11)81(115)63(44(4)5)92-77(113)64(45(6)7)95(12)83(117)120-42-49-29-31-51(32-30-49)87-74(110)52(26-22-37-85-82(84)116)89-76(112)62(43(2)3)91-75(111)53(88-57(99)28-20-17-21-38-97-59(101)35-36-60(97)102)33-34-58(100)90-79-70(108)68(106)72(122-79)78(114)93-80-69(107)67(105)56(41-98)121-80/h16,18-19,24-25,29-32,35-36,43-48,52-56,62-72,79-80,98,104-108H,15,17,20-23,26-28,33-34,37-42H2,1-14H3,(H,86,109)(H,87,110)(H,88,99)(H,89,112)(H,90,100)(H,91,111)(H,92,113)(H,93,114)(H3,84,85,116)/t46-,47+,48+,52-,53-,54-,55+,56+,62-,63-,64-,65-,66+,67+,68-,69+,70+,71+,72?,79?,80?/m0/s1. The second-order valence-electron chi connectivity index (χ2n) is 32.7. The predicted octanol–water partition coefficient (Wildman–Crippen LogP) is -0.540. The molecule has 0 aromatic heterocycles. The molecule has 0 spiro atoms. The Bertz CT molecular complexity index is 3880. The second kappa shape index (κ2) is 48.3. The second-order valence-corrected chi connectivity index (χ2v) is 32.7. The van der Waals surface area contributed by atoms with E-state index in [4.69, 9.17) is 29.4 Å². The summed E-state index contributed by atoms with van der Waals surface area (Å²) in [7, 11) is 5.96. The monoisotopic (exact) mass is 1720 g/mol. The smallest absolute Gasteiger partial charge is 0.410 e. The Morgan fingerprint density at radius 1 is 0.639 bits per heavy atom. The van der Waals surface area contributed by atoms with Crippen LogP contribution in [0.4, 0.5) is 15.3 Å². The summed E-state index contributed by atoms with van der Waals surface area (Å²) in [4.78, 5) is 196. The minimum absolute atomic E-state index is 0.0264. The number of hydrogen-bond donors (Lipinski definition) is 16. The molecule has 0 radical (unpaired) electrons. The largest absolute Gasteiger partial charge is 0.445 e. The molecule has 122 heavy (non-hydrogen) atoms. The number of methoxy groups -OCH3 is 2. The number of amides is 15. The molecule has 6 rings (SSSR count). The molecule has 3 fully saturated rings. The zero-order valence-corrected chi connectivity index (χ0v) is 72.0. The highest BCUT2D eigenvalue weighted by Crippen LogP contribution is 2.32. The van der Waals surface area contributed by atoms with E-state index < -0.39 is 230 Å². The Balaban J connectivity index is 1.07. The summed E-state index contributed by atoms with van der Waals surface area (Å²) in [6.45, 7) is 16.9. The number of likely N-dealkylation sites (N-methyl/N-ethyl adjacent to an activating group) is 2. The number of nitrogens with zero attached hydrogens (tertiary/aromatic N) is 4. The van der Waals surface area contributed by atoms with Crippen LogP contribution in [0.2, 0.25) is 0 Å². The zero-order valence-electron chi connectivity index (χ0n) is 72.0. The van der Waals surface area contributed by atoms with Gasteiger partial charge >= 0.3 is 12.1 Å². The number of hydrogen-bond acceptors (Lipinski definition) is 25. The van der Waals surface area contributed by atoms with Gasteiger partial charge in [0.2, 0.25) is 53.2 Å². The number of carbonyl (C=O) groups excluding carboxylic acids is 14. The quantitative estimate of drug-likeness (QED) is 0.0292. The molecule has 4 heterocycles. The van der Waals surface area contributed by atoms with Crippen LogP contribution in [0.15, 0.2) is 66.7 Å². The van der Waals surface area contributed by atoms with E-state index in [1.165, 1.54) is 50.4 Å². The van der Waals surface area contributed by atoms with Gasteiger partial charge in [-0.25, -0.2) is 9.59 Å². The van der Waals surface area contributed by atoms with Crippen LogP contribution >= 0.6 is 0 Å². The molecule has 4 aliphatic rings. The van der Waals surface area contributed by atoms with Crippen molar-refractivity contribution < 1.29 is 121 Å². The number of aliphatic hydroxyl groups excluding tert-OH is 6. The lowest BCUT2D eigenvalue weighted by Crippen LogP contribution is -2.60. The number of imide groups is 1. The van der Waals surface area contributed by atoms with E-state index in [0.717, 1.165) is 22.0 Å². The van der Waals surface area contributed by atoms with Crippen LogP contribution in [0, 0.1) is 29.6 Å². The number of likely N-dealkylation sites (tertiary alicyclic amines) is 1. The SMILES string of the molecule is CC[C@H](C)[C@@H]([C@@H](CC(=O)N1CCC[C@H]1[C@H](OC)[C@@H](C)C(=O)N[C@H](C)[C@@H](O)c1ccccc1)OC)N(C)C(=O)[C@@H](NC(=O)[C@H](C(C)C)N(C)C(=O)OCc1ccc(NC(=O)[C@H](CCCNC(N)=O)NC(=O)[C@@H](NC(=O)[C@H](CCC(=O)NC2OC(C(=O)NC3O[C@H](CO)[C@@H](O)[C@H]3O)[C@@H](O)[C@H]2O)NC(=O)CCCCCN2C(=O)C=CC2=O)C(C)C)cc1)C(C)C. The van der Waals surface area contributed by atoms with Gasteiger partial charge in [-0.3, -0.25) is 67.3 Å². The van der Waals surface area contributed by atoms with Crippen LogP contribution in [0.1, 0.15) is 164 Å². The van der Waals surface area contributed by atoms with Gasteiger partial charge in [0.15, 0.2) is 18.6 Å². The molecule has 0 bridgehead atoms. The summed E-state index contributed by atoms with van der Waals surface area (Å²) in [5.41, 5.74) is 6.60. The normalized spacial score (nSPS) is 22.4. The average molecular weight is 1720 g/mol. The molecule has 3 saturated heterocycles. The predicted molar refractivity (Wildman–Crippen MR) is 439 cm³/mol. The average Bonchev–Trinajstić information content (AvgIpc) is 1.43. The van der Waals surface area contributed by atoms with E-state index in [1.807, 2.05) is 19.9 Å². The summed E-state index contributed by atoms with van der Waals surface area (Å²) < 4.78 is 28.5. The fraction of sp³-hybridized carbons (Fsp3) is 0.663. The lowest BCUT2D eigenvalue weighted by atomic mass is 9.89. The minimum Gasteiger partial charge on any atom is -0.445 e. The third kappa shape index (κ3) is 28.1. The molecule has 4 aliphatic heterocycles. The van der Waals surface area contributed by atoms with E-state index >= 15 is 0 Å². The summed E-state index contributed by atoms with van der Waals surface area (Å²) >= 11 is 0. The van der Waals surface area contributed by atoms with Crippen molar-refractivity contribution in [3.63, 3.8) is 0 Å². The summed E-state index contributed by atoms with van der Waals surface area (Å²) in [5, 5.41) is 85.9. The molecule has 2 aromatic rings. The Hall–Kier alpha value is -9.84. The van der Waals surface area contributed by atoms with E-state index in [9.17, 15) is 97.8 Å². The molecular weight excluding hydrogens is 1590 g/mol. The third-order valence-electron chi connectivity index (χ3n) is 22.7. The molecule has 39 nitrogen and oxygen atoms in total. The van der Waals surface area contributed by atoms with Gasteiger partial charge in [-0.2, -0.15) is 0 Å². The molecule has 15 amide bonds. The minimum atomic E-state index is -1.96. The molecule has 21 atom stereocenters. The maximum atomic E-state index is 14.9. The van der Waals surface area contributed by atoms with Gasteiger partial charge in [-0.1, -0.05) is 118 Å². The highest BCUT2D eigenvalue weighted by Gasteiger charge is 2.51. The number of unbranched alkanes of at least 4 members (excludes halogenated alkanes) is 2. The van der Waals surface area contributed by atoms with Crippen molar-refractivity contribution in [2.75, 3.05) is 59.9 Å². The molecule has 0 saturated carbocycles. The number of nitrogens with two attached hydrogens (primary N) is 1. The number of primary amides is 1. The van der Waals surface area contributed by atoms with Crippen LogP contribution in [-0.2, 0) is 87.8 Å². The lowest BCUT2D eigenvalue weighted by molar-refractivity contribution is -0.148. The van der Waals surface area contributed by atoms with Crippen molar-refractivity contribution in [1.29, 1.82) is 0 Å². The van der Waals surface area contributed by atoms with Gasteiger partial charge < -0.3 is 118 Å². The third-order valence-corrected chi connectivity index (χ3v) is 22.7. The van der Waals surface area contributed by atoms with Crippen molar-refractivity contribution in [3.8, 4) is 0 Å². The fourth-order valence-electron chi connectivity index (χ4n) is 15.4. The number of ether oxygens (including phenoxy) is 5. The number of anilines is 1. The Labute approximate surface area is 711 Å². The van der Waals surface area contributed by atoms with Gasteiger partial charge in [0.25, 0.3) is 17.7 Å². The molecular formula is C83H128N14O25. The van der Waals surface area contributed by atoms with E-state index in [1.54, 1.807) is 91.6 Å². The first-order chi connectivity index (χ1) is 57.7. The Morgan fingerprint density at radius 3 is 1.85 bits per heavy atom. The van der Waals surface area contributed by atoms with Crippen molar-refractivity contribution in [2.24, 2.45) is 35.3 Å². The van der Waals surface area contributed by atoms with Crippen LogP contribution in [0.5, 0.6) is 0 Å². The maximum absolute atomic E-state index is 14.9. The number of nitrogens with one attached hydrogen (secondary N) is 9. The highest BCUT2D eigenvalue weighted by molar-refractivity contribution is 6.13. The van der Waals surface area contributed by atoms with Crippen molar-refractivity contribution in [3.05, 3.63) is 77.9 Å². The molecule has 680 valence electrons. The number of aliphatic hydroxyl groups is 6. The first kappa shape index (κ1) is 101. The molecule has 2 aromatic carbocycles. The summed E-state index contributed by atoms with van der Waals surface area (Å²) in [6.07, 6.45) is -13.4. The van der Waals surface area contributed by atoms with Gasteiger partial charge in [0, 0.05) is 78.6 Å². The van der Waals surface area contributed by atoms with Crippen LogP contribution in [0.25, 0.3) is 0 Å². The lowest BCUT2D eigenvalue weighted by Gasteiger charge is -2.41. The van der Waals surface area contributed by atoms with Crippen LogP contribution in [0.3, 0.4) is 0 Å². The van der Waals surface area contributed by atoms with Crippen LogP contribution in [-0.4, -0.2) is 297 Å². The highest BCUT2D eigenvalue weighted by atomic mass is 16.6. The molecule has 17 N–H and O–H groups in total. The van der Waals surface area contributed by atoms with Gasteiger partial charge in [-0.15, -0.1) is 0 Å². The van der Waals surface area contributed by atoms with Gasteiger partial charge in [0.05, 0.1) is 55.4 Å². The van der Waals surface area contributed by atoms with Gasteiger partial charge in [0.1, 0.15) is 67.3 Å². The molecule has 0 aliphatic carbocycles. The van der Waals surface area contributed by atoms with E-state index in [0.29, 0.717) is 49.8 Å². The maximum Gasteiger partial charge on any atom is 0.410 e. The number of benzene rings is 2. The van der Waals surface area contributed by atoms with E-state index in [-0.39, 0.29) is 75.2 Å². The first-order valence-corrected chi connectivity index (χ1v) is 41.7. The Morgan fingerprint density at radius 2 is 1.26 bits per heavy atom. The summed E-state index contributed by atoms with van der Waals surface area (Å²) in [6, 6.07) is 5.77. The van der Waals surface area contributed by atoms with E-state index in [2.05, 4.69) is 47.9 Å². The topological polar surface area (TPSA) is 554 Å². The number of carbonyl (C=O) groups is 14. The Kier molecular flexibility index (Phi) is 40.0. The van der Waals surface area contributed by atoms with Crippen molar-refractivity contribution in [2.45, 2.75) is 269 Å². The number of urea groups is 1. The zero-order chi connectivity index (χ0) is 90.7. The summed E-state index contributed by atoms with van der Waals surface area (Å²) in [5.74, 6) is -10.7. The fourth-order valence-corrected chi connectivity index (χ4v) is 15.4. The molecule has 39 heteroatoms.